The zero-order chi connectivity index (χ0) is 22.7. The molecule has 33 heavy (non-hydrogen) atoms. The molecule has 2 heterocycles. The van der Waals surface area contributed by atoms with Gasteiger partial charge >= 0.3 is 0 Å². The fourth-order valence-corrected chi connectivity index (χ4v) is 5.74. The lowest BCUT2D eigenvalue weighted by molar-refractivity contribution is -0.118. The van der Waals surface area contributed by atoms with Crippen molar-refractivity contribution in [3.63, 3.8) is 0 Å². The minimum atomic E-state index is -3.43. The molecular formula is C23H28ClN3O4S2. The van der Waals surface area contributed by atoms with Crippen molar-refractivity contribution in [3.05, 3.63) is 53.6 Å². The van der Waals surface area contributed by atoms with Crippen LogP contribution in [0, 0.1) is 6.92 Å². The van der Waals surface area contributed by atoms with Crippen molar-refractivity contribution < 1.29 is 17.9 Å². The molecule has 1 aliphatic rings. The van der Waals surface area contributed by atoms with Crippen LogP contribution in [0.25, 0.3) is 10.2 Å². The van der Waals surface area contributed by atoms with Gasteiger partial charge in [-0.1, -0.05) is 47.2 Å². The molecule has 1 aromatic heterocycles. The molecular weight excluding hydrogens is 482 g/mol. The van der Waals surface area contributed by atoms with E-state index < -0.39 is 9.84 Å². The van der Waals surface area contributed by atoms with Gasteiger partial charge in [0.2, 0.25) is 5.91 Å². The number of aromatic nitrogens is 1. The summed E-state index contributed by atoms with van der Waals surface area (Å²) >= 11 is 1.35. The number of fused-ring (bicyclic) bond motifs is 1. The van der Waals surface area contributed by atoms with Gasteiger partial charge < -0.3 is 4.74 Å². The highest BCUT2D eigenvalue weighted by atomic mass is 35.5. The third kappa shape index (κ3) is 6.30. The number of carbonyl (C=O) groups excluding carboxylic acids is 1. The first-order valence-electron chi connectivity index (χ1n) is 10.6. The monoisotopic (exact) mass is 509 g/mol. The third-order valence-corrected chi connectivity index (χ3v) is 7.66. The molecule has 0 aliphatic carbocycles. The number of aryl methyl sites for hydroxylation is 1. The number of sulfone groups is 1. The Hall–Kier alpha value is -2.04. The van der Waals surface area contributed by atoms with Crippen LogP contribution in [0.3, 0.4) is 0 Å². The van der Waals surface area contributed by atoms with E-state index in [1.165, 1.54) is 17.6 Å². The van der Waals surface area contributed by atoms with E-state index in [0.29, 0.717) is 37.0 Å². The van der Waals surface area contributed by atoms with Crippen LogP contribution in [0.15, 0.2) is 47.4 Å². The second kappa shape index (κ2) is 10.9. The van der Waals surface area contributed by atoms with Gasteiger partial charge in [-0.2, -0.15) is 0 Å². The van der Waals surface area contributed by atoms with Gasteiger partial charge in [0.05, 0.1) is 29.2 Å². The smallest absolute Gasteiger partial charge is 0.233 e. The third-order valence-electron chi connectivity index (χ3n) is 5.48. The fourth-order valence-electron chi connectivity index (χ4n) is 3.81. The zero-order valence-corrected chi connectivity index (χ0v) is 21.1. The Morgan fingerprint density at radius 2 is 1.91 bits per heavy atom. The summed E-state index contributed by atoms with van der Waals surface area (Å²) in [5.41, 5.74) is 2.48. The van der Waals surface area contributed by atoms with Crippen LogP contribution in [0.5, 0.6) is 0 Å². The maximum atomic E-state index is 13.4. The number of thiazole rings is 1. The van der Waals surface area contributed by atoms with Crippen molar-refractivity contribution in [2.45, 2.75) is 18.2 Å². The second-order valence-corrected chi connectivity index (χ2v) is 11.0. The van der Waals surface area contributed by atoms with E-state index in [4.69, 9.17) is 4.74 Å². The molecule has 0 unspecified atom stereocenters. The van der Waals surface area contributed by atoms with Crippen molar-refractivity contribution in [2.24, 2.45) is 0 Å². The van der Waals surface area contributed by atoms with Gasteiger partial charge in [-0.25, -0.2) is 13.4 Å². The molecule has 0 radical (unpaired) electrons. The fraction of sp³-hybridized carbons (Fsp3) is 0.391. The van der Waals surface area contributed by atoms with Crippen molar-refractivity contribution in [2.75, 3.05) is 50.5 Å². The number of nitrogens with zero attached hydrogens (tertiary/aromatic N) is 3. The van der Waals surface area contributed by atoms with Crippen LogP contribution in [-0.4, -0.2) is 69.9 Å². The van der Waals surface area contributed by atoms with Crippen molar-refractivity contribution in [1.82, 2.24) is 9.88 Å². The summed E-state index contributed by atoms with van der Waals surface area (Å²) in [5, 5.41) is 0.530. The van der Waals surface area contributed by atoms with Gasteiger partial charge in [0.1, 0.15) is 5.52 Å². The summed E-state index contributed by atoms with van der Waals surface area (Å²) in [6.45, 7) is 6.24. The Labute approximate surface area is 204 Å². The van der Waals surface area contributed by atoms with Crippen LogP contribution < -0.4 is 4.90 Å². The van der Waals surface area contributed by atoms with Crippen LogP contribution in [0.2, 0.25) is 0 Å². The lowest BCUT2D eigenvalue weighted by Crippen LogP contribution is -2.43. The molecule has 1 aliphatic heterocycles. The number of hydrogen-bond donors (Lipinski definition) is 0. The van der Waals surface area contributed by atoms with E-state index in [1.54, 1.807) is 17.0 Å². The molecule has 2 aromatic carbocycles. The minimum absolute atomic E-state index is 0. The van der Waals surface area contributed by atoms with Crippen LogP contribution >= 0.6 is 23.7 Å². The largest absolute Gasteiger partial charge is 0.379 e. The molecule has 1 amide bonds. The standard InChI is InChI=1S/C23H27N3O4S2.ClH/c1-17-5-3-6-18(15-17)16-21(27)26(10-9-25-11-13-30-14-12-25)23-24-22-19(31-23)7-4-8-20(22)32(2,28)29;/h3-8,15H,9-14,16H2,1-2H3;1H. The lowest BCUT2D eigenvalue weighted by atomic mass is 10.1. The Balaban J connectivity index is 0.00000306. The predicted octanol–water partition coefficient (Wildman–Crippen LogP) is 3.34. The van der Waals surface area contributed by atoms with Gasteiger partial charge in [0, 0.05) is 32.4 Å². The van der Waals surface area contributed by atoms with Crippen molar-refractivity contribution in [1.29, 1.82) is 0 Å². The molecule has 4 rings (SSSR count). The van der Waals surface area contributed by atoms with E-state index in [-0.39, 0.29) is 29.6 Å². The second-order valence-electron chi connectivity index (χ2n) is 8.04. The minimum Gasteiger partial charge on any atom is -0.379 e. The number of ether oxygens (including phenoxy) is 1. The van der Waals surface area contributed by atoms with Gasteiger partial charge in [0.25, 0.3) is 0 Å². The molecule has 0 N–H and O–H groups in total. The molecule has 1 saturated heterocycles. The molecule has 7 nitrogen and oxygen atoms in total. The summed E-state index contributed by atoms with van der Waals surface area (Å²) in [6.07, 6.45) is 1.44. The quantitative estimate of drug-likeness (QED) is 0.486. The number of benzene rings is 2. The highest BCUT2D eigenvalue weighted by Gasteiger charge is 2.24. The van der Waals surface area contributed by atoms with Gasteiger partial charge in [-0.05, 0) is 24.6 Å². The summed E-state index contributed by atoms with van der Waals surface area (Å²) in [7, 11) is -3.43. The van der Waals surface area contributed by atoms with Gasteiger partial charge in [-0.3, -0.25) is 14.6 Å². The first kappa shape index (κ1) is 25.6. The van der Waals surface area contributed by atoms with Gasteiger partial charge in [-0.15, -0.1) is 12.4 Å². The molecule has 0 bridgehead atoms. The number of hydrogen-bond acceptors (Lipinski definition) is 7. The highest BCUT2D eigenvalue weighted by molar-refractivity contribution is 7.91. The zero-order valence-electron chi connectivity index (χ0n) is 18.7. The Morgan fingerprint density at radius 1 is 1.18 bits per heavy atom. The Kier molecular flexibility index (Phi) is 8.47. The maximum absolute atomic E-state index is 13.4. The lowest BCUT2D eigenvalue weighted by Gasteiger charge is -2.29. The molecule has 0 spiro atoms. The Morgan fingerprint density at radius 3 is 2.61 bits per heavy atom. The molecule has 0 atom stereocenters. The number of halogens is 1. The normalized spacial score (nSPS) is 14.7. The van der Waals surface area contributed by atoms with E-state index in [1.807, 2.05) is 37.3 Å². The van der Waals surface area contributed by atoms with Crippen molar-refractivity contribution in [3.8, 4) is 0 Å². The molecule has 1 fully saturated rings. The highest BCUT2D eigenvalue weighted by Crippen LogP contribution is 2.33. The van der Waals surface area contributed by atoms with Crippen LogP contribution in [-0.2, 0) is 25.8 Å². The topological polar surface area (TPSA) is 79.8 Å². The number of anilines is 1. The Bertz CT molecular complexity index is 1220. The van der Waals surface area contributed by atoms with Crippen molar-refractivity contribution >= 4 is 54.8 Å². The number of carbonyl (C=O) groups is 1. The van der Waals surface area contributed by atoms with E-state index in [0.717, 1.165) is 28.9 Å². The van der Waals surface area contributed by atoms with Crippen LogP contribution in [0.4, 0.5) is 5.13 Å². The van der Waals surface area contributed by atoms with Crippen LogP contribution in [0.1, 0.15) is 11.1 Å². The SMILES string of the molecule is Cc1cccc(CC(=O)N(CCN2CCOCC2)c2nc3c(S(C)(=O)=O)cccc3s2)c1.Cl. The summed E-state index contributed by atoms with van der Waals surface area (Å²) in [6, 6.07) is 13.0. The number of para-hydroxylation sites is 1. The number of rotatable bonds is 7. The van der Waals surface area contributed by atoms with Gasteiger partial charge in [0.15, 0.2) is 15.0 Å². The predicted molar refractivity (Wildman–Crippen MR) is 134 cm³/mol. The summed E-state index contributed by atoms with van der Waals surface area (Å²) in [5.74, 6) is -0.0520. The molecule has 3 aromatic rings. The van der Waals surface area contributed by atoms with E-state index >= 15 is 0 Å². The number of morpholine rings is 1. The first-order chi connectivity index (χ1) is 15.3. The average molecular weight is 510 g/mol. The average Bonchev–Trinajstić information content (AvgIpc) is 3.17. The van der Waals surface area contributed by atoms with E-state index in [2.05, 4.69) is 9.88 Å². The molecule has 0 saturated carbocycles. The first-order valence-corrected chi connectivity index (χ1v) is 13.3. The number of amides is 1. The molecule has 178 valence electrons. The van der Waals surface area contributed by atoms with E-state index in [9.17, 15) is 13.2 Å². The maximum Gasteiger partial charge on any atom is 0.233 e. The molecule has 10 heteroatoms. The summed E-state index contributed by atoms with van der Waals surface area (Å²) < 4.78 is 30.6. The summed E-state index contributed by atoms with van der Waals surface area (Å²) in [4.78, 5) is 22.2.